The van der Waals surface area contributed by atoms with E-state index >= 15 is 0 Å². The van der Waals surface area contributed by atoms with Gasteiger partial charge in [-0.05, 0) is 36.4 Å². The number of aromatic nitrogens is 3. The molecular weight excluding hydrogens is 360 g/mol. The summed E-state index contributed by atoms with van der Waals surface area (Å²) in [5, 5.41) is 3.55. The van der Waals surface area contributed by atoms with Crippen LogP contribution in [-0.4, -0.2) is 27.0 Å². The van der Waals surface area contributed by atoms with Crippen molar-refractivity contribution in [2.45, 2.75) is 6.54 Å². The molecule has 6 heteroatoms. The zero-order valence-electron chi connectivity index (χ0n) is 14.5. The highest BCUT2D eigenvalue weighted by Gasteiger charge is 2.13. The number of fused-ring (bicyclic) bond motifs is 1. The van der Waals surface area contributed by atoms with Crippen molar-refractivity contribution < 1.29 is 4.79 Å². The molecule has 0 saturated carbocycles. The van der Waals surface area contributed by atoms with Crippen molar-refractivity contribution in [1.29, 1.82) is 0 Å². The highest BCUT2D eigenvalue weighted by atomic mass is 35.5. The maximum absolute atomic E-state index is 12.3. The first kappa shape index (κ1) is 17.2. The lowest BCUT2D eigenvalue weighted by Crippen LogP contribution is -2.27. The number of rotatable bonds is 5. The molecule has 0 unspecified atom stereocenters. The third-order valence-electron chi connectivity index (χ3n) is 4.26. The van der Waals surface area contributed by atoms with Crippen LogP contribution in [0.1, 0.15) is 10.4 Å². The third kappa shape index (κ3) is 3.68. The number of amides is 1. The summed E-state index contributed by atoms with van der Waals surface area (Å²) >= 11 is 5.87. The average molecular weight is 377 g/mol. The van der Waals surface area contributed by atoms with Gasteiger partial charge in [0, 0.05) is 35.4 Å². The van der Waals surface area contributed by atoms with E-state index in [2.05, 4.69) is 10.3 Å². The molecule has 4 aromatic rings. The van der Waals surface area contributed by atoms with E-state index in [9.17, 15) is 4.79 Å². The van der Waals surface area contributed by atoms with Crippen molar-refractivity contribution in [1.82, 2.24) is 19.9 Å². The smallest absolute Gasteiger partial charge is 0.251 e. The lowest BCUT2D eigenvalue weighted by molar-refractivity contribution is 0.0952. The molecule has 1 N–H and O–H groups in total. The number of pyridine rings is 1. The van der Waals surface area contributed by atoms with E-state index in [4.69, 9.17) is 16.6 Å². The maximum atomic E-state index is 12.3. The van der Waals surface area contributed by atoms with Gasteiger partial charge in [-0.3, -0.25) is 4.79 Å². The molecule has 2 aromatic carbocycles. The van der Waals surface area contributed by atoms with Crippen LogP contribution in [0.2, 0.25) is 5.02 Å². The number of benzene rings is 2. The molecule has 0 fully saturated rings. The van der Waals surface area contributed by atoms with Gasteiger partial charge in [-0.1, -0.05) is 41.9 Å². The second-order valence-electron chi connectivity index (χ2n) is 6.06. The van der Waals surface area contributed by atoms with Gasteiger partial charge in [-0.15, -0.1) is 0 Å². The Morgan fingerprint density at radius 3 is 2.56 bits per heavy atom. The third-order valence-corrected chi connectivity index (χ3v) is 4.52. The quantitative estimate of drug-likeness (QED) is 0.568. The normalized spacial score (nSPS) is 10.9. The van der Waals surface area contributed by atoms with Crippen LogP contribution in [0.3, 0.4) is 0 Å². The largest absolute Gasteiger partial charge is 0.350 e. The van der Waals surface area contributed by atoms with Gasteiger partial charge in [0.05, 0.1) is 0 Å². The first-order valence-corrected chi connectivity index (χ1v) is 9.00. The summed E-state index contributed by atoms with van der Waals surface area (Å²) in [5.41, 5.74) is 3.23. The predicted molar refractivity (Wildman–Crippen MR) is 107 cm³/mol. The lowest BCUT2D eigenvalue weighted by Gasteiger charge is -2.10. The number of hydrogen-bond donors (Lipinski definition) is 1. The number of imidazole rings is 1. The fraction of sp³-hybridized carbons (Fsp3) is 0.0952. The van der Waals surface area contributed by atoms with Gasteiger partial charge in [0.2, 0.25) is 0 Å². The molecule has 27 heavy (non-hydrogen) atoms. The Labute approximate surface area is 161 Å². The average Bonchev–Trinajstić information content (AvgIpc) is 3.08. The van der Waals surface area contributed by atoms with Crippen LogP contribution >= 0.6 is 11.6 Å². The van der Waals surface area contributed by atoms with E-state index in [1.54, 1.807) is 30.5 Å². The highest BCUT2D eigenvalue weighted by Crippen LogP contribution is 2.23. The van der Waals surface area contributed by atoms with Crippen LogP contribution in [0.4, 0.5) is 0 Å². The van der Waals surface area contributed by atoms with E-state index in [0.717, 1.165) is 22.6 Å². The monoisotopic (exact) mass is 376 g/mol. The molecule has 0 aliphatic heterocycles. The Kier molecular flexibility index (Phi) is 4.85. The minimum Gasteiger partial charge on any atom is -0.350 e. The van der Waals surface area contributed by atoms with Crippen LogP contribution in [0.25, 0.3) is 22.6 Å². The molecule has 4 rings (SSSR count). The molecule has 0 bridgehead atoms. The molecule has 0 radical (unpaired) electrons. The SMILES string of the molecule is O=C(NCCn1c(-c2ccccc2)nc2cccnc21)c1ccc(Cl)cc1. The first-order valence-electron chi connectivity index (χ1n) is 8.63. The number of carbonyl (C=O) groups excluding carboxylic acids is 1. The van der Waals surface area contributed by atoms with Crippen molar-refractivity contribution in [3.63, 3.8) is 0 Å². The zero-order chi connectivity index (χ0) is 18.6. The number of halogens is 1. The summed E-state index contributed by atoms with van der Waals surface area (Å²) < 4.78 is 2.03. The Hall–Kier alpha value is -3.18. The van der Waals surface area contributed by atoms with Crippen LogP contribution < -0.4 is 5.32 Å². The van der Waals surface area contributed by atoms with E-state index in [0.29, 0.717) is 23.7 Å². The second-order valence-corrected chi connectivity index (χ2v) is 6.50. The van der Waals surface area contributed by atoms with Gasteiger partial charge in [0.25, 0.3) is 5.91 Å². The first-order chi connectivity index (χ1) is 13.2. The Bertz CT molecular complexity index is 1070. The fourth-order valence-electron chi connectivity index (χ4n) is 2.96. The molecular formula is C21H17ClN4O. The van der Waals surface area contributed by atoms with Gasteiger partial charge in [0.1, 0.15) is 11.3 Å². The van der Waals surface area contributed by atoms with Crippen LogP contribution in [0.15, 0.2) is 72.9 Å². The van der Waals surface area contributed by atoms with Gasteiger partial charge in [-0.25, -0.2) is 9.97 Å². The van der Waals surface area contributed by atoms with Crippen LogP contribution in [0.5, 0.6) is 0 Å². The maximum Gasteiger partial charge on any atom is 0.251 e. The van der Waals surface area contributed by atoms with E-state index < -0.39 is 0 Å². The Morgan fingerprint density at radius 1 is 1.00 bits per heavy atom. The van der Waals surface area contributed by atoms with E-state index in [1.165, 1.54) is 0 Å². The fourth-order valence-corrected chi connectivity index (χ4v) is 3.09. The zero-order valence-corrected chi connectivity index (χ0v) is 15.2. The minimum absolute atomic E-state index is 0.134. The number of carbonyl (C=O) groups is 1. The lowest BCUT2D eigenvalue weighted by atomic mass is 10.2. The molecule has 0 aliphatic carbocycles. The van der Waals surface area contributed by atoms with Crippen molar-refractivity contribution in [2.24, 2.45) is 0 Å². The summed E-state index contributed by atoms with van der Waals surface area (Å²) in [7, 11) is 0. The van der Waals surface area contributed by atoms with E-state index in [-0.39, 0.29) is 5.91 Å². The highest BCUT2D eigenvalue weighted by molar-refractivity contribution is 6.30. The topological polar surface area (TPSA) is 59.8 Å². The molecule has 5 nitrogen and oxygen atoms in total. The summed E-state index contributed by atoms with van der Waals surface area (Å²) in [5.74, 6) is 0.704. The molecule has 0 saturated heterocycles. The molecule has 2 aromatic heterocycles. The number of nitrogens with zero attached hydrogens (tertiary/aromatic N) is 3. The Morgan fingerprint density at radius 2 is 1.78 bits per heavy atom. The summed E-state index contributed by atoms with van der Waals surface area (Å²) in [6.45, 7) is 1.03. The molecule has 1 amide bonds. The second kappa shape index (κ2) is 7.60. The summed E-state index contributed by atoms with van der Waals surface area (Å²) in [6.07, 6.45) is 1.75. The summed E-state index contributed by atoms with van der Waals surface area (Å²) in [6, 6.07) is 20.6. The number of nitrogens with one attached hydrogen (secondary N) is 1. The number of hydrogen-bond acceptors (Lipinski definition) is 3. The van der Waals surface area contributed by atoms with Gasteiger partial charge < -0.3 is 9.88 Å². The van der Waals surface area contributed by atoms with Crippen molar-refractivity contribution >= 4 is 28.7 Å². The van der Waals surface area contributed by atoms with Gasteiger partial charge >= 0.3 is 0 Å². The molecule has 0 atom stereocenters. The van der Waals surface area contributed by atoms with Crippen molar-refractivity contribution in [3.05, 3.63) is 83.5 Å². The van der Waals surface area contributed by atoms with Crippen LogP contribution in [0, 0.1) is 0 Å². The van der Waals surface area contributed by atoms with Gasteiger partial charge in [-0.2, -0.15) is 0 Å². The van der Waals surface area contributed by atoms with E-state index in [1.807, 2.05) is 47.0 Å². The predicted octanol–water partition coefficient (Wildman–Crippen LogP) is 4.18. The molecule has 134 valence electrons. The molecule has 0 aliphatic rings. The van der Waals surface area contributed by atoms with Crippen molar-refractivity contribution in [2.75, 3.05) is 6.54 Å². The summed E-state index contributed by atoms with van der Waals surface area (Å²) in [4.78, 5) is 21.5. The molecule has 0 spiro atoms. The van der Waals surface area contributed by atoms with Crippen molar-refractivity contribution in [3.8, 4) is 11.4 Å². The minimum atomic E-state index is -0.134. The van der Waals surface area contributed by atoms with Gasteiger partial charge in [0.15, 0.2) is 5.65 Å². The standard InChI is InChI=1S/C21H17ClN4O/c22-17-10-8-16(9-11-17)21(27)24-13-14-26-19(15-5-2-1-3-6-15)25-18-7-4-12-23-20(18)26/h1-12H,13-14H2,(H,24,27). The Balaban J connectivity index is 1.56. The van der Waals surface area contributed by atoms with Crippen LogP contribution in [-0.2, 0) is 6.54 Å². The molecule has 2 heterocycles.